The zero-order chi connectivity index (χ0) is 12.1. The third-order valence-corrected chi connectivity index (χ3v) is 2.68. The summed E-state index contributed by atoms with van der Waals surface area (Å²) in [7, 11) is 3.23. The lowest BCUT2D eigenvalue weighted by Crippen LogP contribution is -2.26. The normalized spacial score (nSPS) is 14.9. The van der Waals surface area contributed by atoms with Gasteiger partial charge in [-0.15, -0.1) is 0 Å². The summed E-state index contributed by atoms with van der Waals surface area (Å²) in [6, 6.07) is 7.43. The van der Waals surface area contributed by atoms with E-state index < -0.39 is 6.10 Å². The molecule has 0 radical (unpaired) electrons. The Morgan fingerprint density at radius 3 is 2.38 bits per heavy atom. The van der Waals surface area contributed by atoms with Gasteiger partial charge in [-0.25, -0.2) is 0 Å². The molecule has 1 rings (SSSR count). The average Bonchev–Trinajstić information content (AvgIpc) is 2.29. The van der Waals surface area contributed by atoms with Gasteiger partial charge in [0.05, 0.1) is 13.2 Å². The van der Waals surface area contributed by atoms with Crippen molar-refractivity contribution in [2.75, 3.05) is 14.2 Å². The molecule has 1 aromatic carbocycles. The van der Waals surface area contributed by atoms with Crippen LogP contribution < -0.4 is 4.74 Å². The molecule has 0 aromatic heterocycles. The van der Waals surface area contributed by atoms with Crippen LogP contribution in [0.4, 0.5) is 0 Å². The molecule has 3 nitrogen and oxygen atoms in total. The smallest absolute Gasteiger partial charge is 0.119 e. The van der Waals surface area contributed by atoms with Crippen LogP contribution in [0.5, 0.6) is 5.75 Å². The molecule has 0 bridgehead atoms. The molecule has 0 spiro atoms. The average molecular weight is 224 g/mol. The monoisotopic (exact) mass is 224 g/mol. The lowest BCUT2D eigenvalue weighted by Gasteiger charge is -2.25. The Morgan fingerprint density at radius 2 is 1.88 bits per heavy atom. The molecule has 0 saturated carbocycles. The number of hydrogen-bond acceptors (Lipinski definition) is 3. The molecule has 0 aliphatic rings. The lowest BCUT2D eigenvalue weighted by molar-refractivity contribution is -0.0391. The van der Waals surface area contributed by atoms with Crippen molar-refractivity contribution in [3.05, 3.63) is 29.8 Å². The van der Waals surface area contributed by atoms with Gasteiger partial charge in [-0.3, -0.25) is 0 Å². The van der Waals surface area contributed by atoms with Crippen molar-refractivity contribution in [3.63, 3.8) is 0 Å². The third-order valence-electron chi connectivity index (χ3n) is 2.68. The molecule has 0 amide bonds. The molecule has 0 aliphatic carbocycles. The minimum atomic E-state index is -0.625. The largest absolute Gasteiger partial charge is 0.497 e. The Bertz CT molecular complexity index is 323. The number of methoxy groups -OCH3 is 2. The minimum Gasteiger partial charge on any atom is -0.497 e. The highest BCUT2D eigenvalue weighted by Gasteiger charge is 2.23. The molecule has 90 valence electrons. The fourth-order valence-corrected chi connectivity index (χ4v) is 1.78. The van der Waals surface area contributed by atoms with Gasteiger partial charge in [-0.1, -0.05) is 26.0 Å². The second-order valence-electron chi connectivity index (χ2n) is 4.17. The van der Waals surface area contributed by atoms with Crippen molar-refractivity contribution in [1.29, 1.82) is 0 Å². The van der Waals surface area contributed by atoms with Crippen LogP contribution in [0, 0.1) is 5.92 Å². The van der Waals surface area contributed by atoms with Crippen LogP contribution in [0.15, 0.2) is 24.3 Å². The number of ether oxygens (including phenoxy) is 2. The maximum absolute atomic E-state index is 10.2. The minimum absolute atomic E-state index is 0.202. The third kappa shape index (κ3) is 2.97. The molecule has 0 saturated heterocycles. The number of aliphatic hydroxyl groups excluding tert-OH is 1. The predicted molar refractivity (Wildman–Crippen MR) is 63.6 cm³/mol. The van der Waals surface area contributed by atoms with Gasteiger partial charge in [-0.05, 0) is 23.6 Å². The van der Waals surface area contributed by atoms with Crippen LogP contribution in [0.1, 0.15) is 25.5 Å². The Labute approximate surface area is 97.0 Å². The van der Waals surface area contributed by atoms with Gasteiger partial charge in [0.25, 0.3) is 0 Å². The van der Waals surface area contributed by atoms with Gasteiger partial charge in [0, 0.05) is 7.11 Å². The first-order valence-corrected chi connectivity index (χ1v) is 5.45. The molecule has 1 N–H and O–H groups in total. The lowest BCUT2D eigenvalue weighted by atomic mass is 9.96. The summed E-state index contributed by atoms with van der Waals surface area (Å²) in [5.74, 6) is 1.00. The van der Waals surface area contributed by atoms with Gasteiger partial charge in [0.15, 0.2) is 0 Å². The zero-order valence-electron chi connectivity index (χ0n) is 10.3. The molecule has 1 aromatic rings. The van der Waals surface area contributed by atoms with Gasteiger partial charge in [0.2, 0.25) is 0 Å². The highest BCUT2D eigenvalue weighted by atomic mass is 16.5. The van der Waals surface area contributed by atoms with Gasteiger partial charge >= 0.3 is 0 Å². The van der Waals surface area contributed by atoms with Crippen molar-refractivity contribution >= 4 is 0 Å². The standard InChI is InChI=1S/C13H20O3/c1-9(2)13(16-4)12(14)10-6-5-7-11(8-10)15-3/h5-9,12-14H,1-4H3. The van der Waals surface area contributed by atoms with Crippen LogP contribution in [-0.2, 0) is 4.74 Å². The Balaban J connectivity index is 2.89. The van der Waals surface area contributed by atoms with E-state index in [1.54, 1.807) is 14.2 Å². The van der Waals surface area contributed by atoms with E-state index in [-0.39, 0.29) is 12.0 Å². The molecule has 3 heteroatoms. The molecule has 2 atom stereocenters. The second-order valence-corrected chi connectivity index (χ2v) is 4.17. The highest BCUT2D eigenvalue weighted by Crippen LogP contribution is 2.26. The van der Waals surface area contributed by atoms with E-state index in [0.717, 1.165) is 11.3 Å². The summed E-state index contributed by atoms with van der Waals surface area (Å²) >= 11 is 0. The predicted octanol–water partition coefficient (Wildman–Crippen LogP) is 2.40. The molecule has 16 heavy (non-hydrogen) atoms. The van der Waals surface area contributed by atoms with Crippen LogP contribution in [0.2, 0.25) is 0 Å². The Kier molecular flexibility index (Phi) is 4.77. The van der Waals surface area contributed by atoms with Crippen LogP contribution in [0.3, 0.4) is 0 Å². The van der Waals surface area contributed by atoms with Crippen molar-refractivity contribution < 1.29 is 14.6 Å². The van der Waals surface area contributed by atoms with E-state index in [1.807, 2.05) is 38.1 Å². The number of benzene rings is 1. The SMILES string of the molecule is COc1cccc(C(O)C(OC)C(C)C)c1. The number of hydrogen-bond donors (Lipinski definition) is 1. The summed E-state index contributed by atoms with van der Waals surface area (Å²) in [4.78, 5) is 0. The summed E-state index contributed by atoms with van der Waals surface area (Å²) in [5, 5.41) is 10.2. The van der Waals surface area contributed by atoms with Crippen LogP contribution in [0.25, 0.3) is 0 Å². The van der Waals surface area contributed by atoms with E-state index in [2.05, 4.69) is 0 Å². The first kappa shape index (κ1) is 13.0. The van der Waals surface area contributed by atoms with Crippen molar-refractivity contribution in [2.45, 2.75) is 26.1 Å². The molecular formula is C13H20O3. The molecule has 0 heterocycles. The van der Waals surface area contributed by atoms with E-state index in [9.17, 15) is 5.11 Å². The van der Waals surface area contributed by atoms with Crippen molar-refractivity contribution in [3.8, 4) is 5.75 Å². The van der Waals surface area contributed by atoms with Gasteiger partial charge in [0.1, 0.15) is 11.9 Å². The number of rotatable bonds is 5. The summed E-state index contributed by atoms with van der Waals surface area (Å²) in [6.45, 7) is 4.05. The second kappa shape index (κ2) is 5.87. The van der Waals surface area contributed by atoms with E-state index in [4.69, 9.17) is 9.47 Å². The highest BCUT2D eigenvalue weighted by molar-refractivity contribution is 5.30. The molecule has 0 fully saturated rings. The Morgan fingerprint density at radius 1 is 1.19 bits per heavy atom. The fraction of sp³-hybridized carbons (Fsp3) is 0.538. The van der Waals surface area contributed by atoms with Crippen molar-refractivity contribution in [1.82, 2.24) is 0 Å². The van der Waals surface area contributed by atoms with Gasteiger partial charge in [-0.2, -0.15) is 0 Å². The maximum atomic E-state index is 10.2. The van der Waals surface area contributed by atoms with Crippen LogP contribution >= 0.6 is 0 Å². The van der Waals surface area contributed by atoms with E-state index in [0.29, 0.717) is 0 Å². The summed E-state index contributed by atoms with van der Waals surface area (Å²) in [6.07, 6.45) is -0.827. The topological polar surface area (TPSA) is 38.7 Å². The first-order valence-electron chi connectivity index (χ1n) is 5.45. The van der Waals surface area contributed by atoms with Crippen molar-refractivity contribution in [2.24, 2.45) is 5.92 Å². The fourth-order valence-electron chi connectivity index (χ4n) is 1.78. The summed E-state index contributed by atoms with van der Waals surface area (Å²) < 4.78 is 10.4. The van der Waals surface area contributed by atoms with Crippen LogP contribution in [-0.4, -0.2) is 25.4 Å². The Hall–Kier alpha value is -1.06. The molecule has 2 unspecified atom stereocenters. The first-order chi connectivity index (χ1) is 7.60. The summed E-state index contributed by atoms with van der Waals surface area (Å²) in [5.41, 5.74) is 0.819. The zero-order valence-corrected chi connectivity index (χ0v) is 10.3. The van der Waals surface area contributed by atoms with E-state index >= 15 is 0 Å². The maximum Gasteiger partial charge on any atom is 0.119 e. The molecular weight excluding hydrogens is 204 g/mol. The molecule has 0 aliphatic heterocycles. The quantitative estimate of drug-likeness (QED) is 0.834. The number of aliphatic hydroxyl groups is 1. The van der Waals surface area contributed by atoms with Gasteiger partial charge < -0.3 is 14.6 Å². The van der Waals surface area contributed by atoms with E-state index in [1.165, 1.54) is 0 Å².